The van der Waals surface area contributed by atoms with Crippen LogP contribution in [0.1, 0.15) is 45.4 Å². The molecule has 1 aliphatic carbocycles. The van der Waals surface area contributed by atoms with Crippen molar-refractivity contribution in [2.24, 2.45) is 5.92 Å². The number of nitrogens with one attached hydrogen (secondary N) is 1. The Bertz CT molecular complexity index is 315. The monoisotopic (exact) mass is 252 g/mol. The Balaban J connectivity index is 1.89. The molecule has 102 valence electrons. The molecule has 0 aromatic heterocycles. The van der Waals surface area contributed by atoms with Crippen LogP contribution in [0, 0.1) is 17.2 Å². The minimum Gasteiger partial charge on any atom is -0.386 e. The van der Waals surface area contributed by atoms with E-state index in [4.69, 9.17) is 4.74 Å². The predicted molar refractivity (Wildman–Crippen MR) is 69.0 cm³/mol. The highest BCUT2D eigenvalue weighted by Gasteiger charge is 2.40. The largest absolute Gasteiger partial charge is 0.386 e. The zero-order valence-electron chi connectivity index (χ0n) is 11.2. The van der Waals surface area contributed by atoms with Gasteiger partial charge in [-0.05, 0) is 19.8 Å². The second-order valence-corrected chi connectivity index (χ2v) is 5.73. The number of ether oxygens (including phenoxy) is 1. The van der Waals surface area contributed by atoms with Crippen LogP contribution in [0.3, 0.4) is 0 Å². The number of hydrogen-bond acceptors (Lipinski definition) is 4. The molecule has 2 fully saturated rings. The first-order valence-corrected chi connectivity index (χ1v) is 7.13. The molecule has 1 saturated heterocycles. The maximum Gasteiger partial charge on any atom is 0.105 e. The molecular formula is C14H24N2O2. The molecule has 1 heterocycles. The Labute approximate surface area is 109 Å². The first kappa shape index (κ1) is 13.8. The van der Waals surface area contributed by atoms with E-state index in [1.165, 1.54) is 12.8 Å². The van der Waals surface area contributed by atoms with Crippen molar-refractivity contribution in [3.05, 3.63) is 0 Å². The maximum atomic E-state index is 10.4. The quantitative estimate of drug-likeness (QED) is 0.749. The molecule has 0 radical (unpaired) electrons. The smallest absolute Gasteiger partial charge is 0.105 e. The minimum atomic E-state index is -0.758. The van der Waals surface area contributed by atoms with E-state index in [2.05, 4.69) is 11.4 Å². The van der Waals surface area contributed by atoms with Gasteiger partial charge in [-0.3, -0.25) is 0 Å². The van der Waals surface area contributed by atoms with Crippen molar-refractivity contribution in [2.75, 3.05) is 13.2 Å². The Kier molecular flexibility index (Phi) is 4.60. The molecule has 18 heavy (non-hydrogen) atoms. The molecule has 0 aromatic carbocycles. The van der Waals surface area contributed by atoms with Crippen molar-refractivity contribution in [2.45, 2.75) is 63.2 Å². The Morgan fingerprint density at radius 2 is 2.17 bits per heavy atom. The summed E-state index contributed by atoms with van der Waals surface area (Å²) >= 11 is 0. The highest BCUT2D eigenvalue weighted by atomic mass is 16.5. The molecule has 4 atom stereocenters. The average Bonchev–Trinajstić information content (AvgIpc) is 2.59. The Morgan fingerprint density at radius 3 is 2.83 bits per heavy atom. The third-order valence-corrected chi connectivity index (χ3v) is 4.51. The fourth-order valence-electron chi connectivity index (χ4n) is 3.02. The summed E-state index contributed by atoms with van der Waals surface area (Å²) in [5.41, 5.74) is -0.758. The van der Waals surface area contributed by atoms with Gasteiger partial charge in [0.15, 0.2) is 0 Å². The second kappa shape index (κ2) is 6.01. The fourth-order valence-corrected chi connectivity index (χ4v) is 3.02. The van der Waals surface area contributed by atoms with Crippen molar-refractivity contribution in [1.29, 1.82) is 5.26 Å². The lowest BCUT2D eigenvalue weighted by molar-refractivity contribution is -0.0284. The van der Waals surface area contributed by atoms with Gasteiger partial charge in [0.05, 0.1) is 18.1 Å². The summed E-state index contributed by atoms with van der Waals surface area (Å²) in [6.45, 7) is 3.09. The van der Waals surface area contributed by atoms with Crippen molar-refractivity contribution in [1.82, 2.24) is 5.32 Å². The van der Waals surface area contributed by atoms with Crippen LogP contribution in [-0.4, -0.2) is 36.0 Å². The Hall–Kier alpha value is -0.630. The molecule has 0 bridgehead atoms. The lowest BCUT2D eigenvalue weighted by atomic mass is 9.92. The summed E-state index contributed by atoms with van der Waals surface area (Å²) in [5, 5.41) is 23.1. The number of rotatable bonds is 3. The highest BCUT2D eigenvalue weighted by Crippen LogP contribution is 2.27. The molecular weight excluding hydrogens is 228 g/mol. The highest BCUT2D eigenvalue weighted by molar-refractivity contribution is 4.97. The van der Waals surface area contributed by atoms with Crippen molar-refractivity contribution in [3.8, 4) is 6.07 Å². The third-order valence-electron chi connectivity index (χ3n) is 4.51. The predicted octanol–water partition coefficient (Wildman–Crippen LogP) is 1.59. The van der Waals surface area contributed by atoms with E-state index in [0.717, 1.165) is 19.3 Å². The van der Waals surface area contributed by atoms with Gasteiger partial charge in [-0.2, -0.15) is 5.26 Å². The molecule has 2 aliphatic rings. The van der Waals surface area contributed by atoms with Gasteiger partial charge in [0.1, 0.15) is 5.60 Å². The molecule has 2 N–H and O–H groups in total. The van der Waals surface area contributed by atoms with E-state index >= 15 is 0 Å². The van der Waals surface area contributed by atoms with Gasteiger partial charge in [0, 0.05) is 25.6 Å². The molecule has 0 aromatic rings. The van der Waals surface area contributed by atoms with E-state index in [-0.39, 0.29) is 18.1 Å². The zero-order valence-corrected chi connectivity index (χ0v) is 11.2. The van der Waals surface area contributed by atoms with Gasteiger partial charge in [-0.1, -0.05) is 19.3 Å². The molecule has 4 nitrogen and oxygen atoms in total. The van der Waals surface area contributed by atoms with Crippen molar-refractivity contribution in [3.63, 3.8) is 0 Å². The van der Waals surface area contributed by atoms with E-state index in [1.54, 1.807) is 0 Å². The molecule has 4 unspecified atom stereocenters. The lowest BCUT2D eigenvalue weighted by Crippen LogP contribution is -2.50. The summed E-state index contributed by atoms with van der Waals surface area (Å²) in [4.78, 5) is 0. The third kappa shape index (κ3) is 3.03. The molecule has 4 heteroatoms. The molecule has 1 saturated carbocycles. The molecule has 0 amide bonds. The van der Waals surface area contributed by atoms with E-state index in [9.17, 15) is 10.4 Å². The van der Waals surface area contributed by atoms with E-state index < -0.39 is 5.60 Å². The van der Waals surface area contributed by atoms with Crippen LogP contribution in [0.2, 0.25) is 0 Å². The van der Waals surface area contributed by atoms with Crippen LogP contribution in [0.25, 0.3) is 0 Å². The van der Waals surface area contributed by atoms with E-state index in [1.807, 2.05) is 6.92 Å². The SMILES string of the molecule is CC1OCCC1(O)CNC1CCCCCC1C#N. The zero-order chi connectivity index (χ0) is 13.0. The van der Waals surface area contributed by atoms with Crippen LogP contribution in [0.15, 0.2) is 0 Å². The molecule has 2 rings (SSSR count). The molecule has 0 spiro atoms. The number of nitrogens with zero attached hydrogens (tertiary/aromatic N) is 1. The fraction of sp³-hybridized carbons (Fsp3) is 0.929. The normalized spacial score (nSPS) is 41.3. The van der Waals surface area contributed by atoms with Crippen LogP contribution in [0.5, 0.6) is 0 Å². The van der Waals surface area contributed by atoms with Crippen LogP contribution < -0.4 is 5.32 Å². The van der Waals surface area contributed by atoms with Crippen LogP contribution in [0.4, 0.5) is 0 Å². The minimum absolute atomic E-state index is 0.0914. The summed E-state index contributed by atoms with van der Waals surface area (Å²) in [6, 6.07) is 2.65. The lowest BCUT2D eigenvalue weighted by Gasteiger charge is -2.30. The first-order chi connectivity index (χ1) is 8.65. The number of aliphatic hydroxyl groups is 1. The summed E-state index contributed by atoms with van der Waals surface area (Å²) in [6.07, 6.45) is 6.16. The van der Waals surface area contributed by atoms with Crippen molar-refractivity contribution >= 4 is 0 Å². The standard InChI is InChI=1S/C14H24N2O2/c1-11-14(17,7-8-18-11)10-16-13-6-4-2-3-5-12(13)9-15/h11-13,16-17H,2-8,10H2,1H3. The topological polar surface area (TPSA) is 65.3 Å². The van der Waals surface area contributed by atoms with Gasteiger partial charge in [-0.25, -0.2) is 0 Å². The van der Waals surface area contributed by atoms with Gasteiger partial charge in [0.2, 0.25) is 0 Å². The molecule has 1 aliphatic heterocycles. The van der Waals surface area contributed by atoms with Crippen LogP contribution in [-0.2, 0) is 4.74 Å². The summed E-state index contributed by atoms with van der Waals surface area (Å²) in [5.74, 6) is 0.0914. The second-order valence-electron chi connectivity index (χ2n) is 5.73. The van der Waals surface area contributed by atoms with Gasteiger partial charge >= 0.3 is 0 Å². The number of hydrogen-bond donors (Lipinski definition) is 2. The van der Waals surface area contributed by atoms with Gasteiger partial charge in [0.25, 0.3) is 0 Å². The average molecular weight is 252 g/mol. The van der Waals surface area contributed by atoms with Crippen molar-refractivity contribution < 1.29 is 9.84 Å². The number of nitriles is 1. The van der Waals surface area contributed by atoms with E-state index in [0.29, 0.717) is 19.6 Å². The van der Waals surface area contributed by atoms with Gasteiger partial charge < -0.3 is 15.2 Å². The van der Waals surface area contributed by atoms with Gasteiger partial charge in [-0.15, -0.1) is 0 Å². The van der Waals surface area contributed by atoms with Crippen LogP contribution >= 0.6 is 0 Å². The Morgan fingerprint density at radius 1 is 1.39 bits per heavy atom. The maximum absolute atomic E-state index is 10.4. The summed E-state index contributed by atoms with van der Waals surface area (Å²) in [7, 11) is 0. The first-order valence-electron chi connectivity index (χ1n) is 7.13. The summed E-state index contributed by atoms with van der Waals surface area (Å²) < 4.78 is 5.43.